The number of nitrogens with zero attached hydrogens (tertiary/aromatic N) is 4. The average Bonchev–Trinajstić information content (AvgIpc) is 3.10. The molecule has 3 aromatic rings. The summed E-state index contributed by atoms with van der Waals surface area (Å²) < 4.78 is 1.75. The number of aromatic nitrogens is 5. The Labute approximate surface area is 137 Å². The van der Waals surface area contributed by atoms with Crippen LogP contribution in [0, 0.1) is 0 Å². The van der Waals surface area contributed by atoms with E-state index in [1.807, 2.05) is 24.4 Å². The molecule has 0 saturated heterocycles. The number of carboxylic acids is 1. The van der Waals surface area contributed by atoms with E-state index < -0.39 is 5.97 Å². The van der Waals surface area contributed by atoms with E-state index in [2.05, 4.69) is 25.6 Å². The molecule has 1 aliphatic rings. The Hall–Kier alpha value is -2.90. The van der Waals surface area contributed by atoms with E-state index >= 15 is 0 Å². The van der Waals surface area contributed by atoms with Crippen molar-refractivity contribution in [3.63, 3.8) is 0 Å². The van der Waals surface area contributed by atoms with Gasteiger partial charge < -0.3 is 10.4 Å². The van der Waals surface area contributed by atoms with Crippen molar-refractivity contribution >= 4 is 23.1 Å². The fraction of sp³-hybridized carbons (Fsp3) is 0.375. The fourth-order valence-electron chi connectivity index (χ4n) is 2.70. The molecule has 0 atom stereocenters. The number of hydrogen-bond acceptors (Lipinski definition) is 5. The minimum absolute atomic E-state index is 0.111. The van der Waals surface area contributed by atoms with Crippen LogP contribution < -0.4 is 5.32 Å². The SMILES string of the molecule is O=C(O)CCCc1nc(Nc2cc(C3CC3)[nH]n2)c2cccn2n1. The molecule has 0 spiro atoms. The lowest BCUT2D eigenvalue weighted by atomic mass is 10.2. The van der Waals surface area contributed by atoms with E-state index in [1.165, 1.54) is 12.8 Å². The number of hydrogen-bond donors (Lipinski definition) is 3. The molecule has 8 heteroatoms. The number of rotatable bonds is 7. The number of carboxylic acid groups (broad SMARTS) is 1. The molecular formula is C16H18N6O2. The third-order valence-electron chi connectivity index (χ3n) is 4.09. The number of carbonyl (C=O) groups is 1. The average molecular weight is 326 g/mol. The molecule has 4 rings (SSSR count). The smallest absolute Gasteiger partial charge is 0.303 e. The summed E-state index contributed by atoms with van der Waals surface area (Å²) in [7, 11) is 0. The molecule has 0 aliphatic heterocycles. The zero-order chi connectivity index (χ0) is 16.5. The second-order valence-corrected chi connectivity index (χ2v) is 6.07. The van der Waals surface area contributed by atoms with Crippen LogP contribution in [0.5, 0.6) is 0 Å². The molecular weight excluding hydrogens is 308 g/mol. The minimum Gasteiger partial charge on any atom is -0.481 e. The number of H-pyrrole nitrogens is 1. The van der Waals surface area contributed by atoms with E-state index in [9.17, 15) is 4.79 Å². The summed E-state index contributed by atoms with van der Waals surface area (Å²) in [5.41, 5.74) is 2.01. The Morgan fingerprint density at radius 1 is 1.46 bits per heavy atom. The van der Waals surface area contributed by atoms with Crippen LogP contribution in [0.25, 0.3) is 5.52 Å². The van der Waals surface area contributed by atoms with Gasteiger partial charge in [-0.3, -0.25) is 9.89 Å². The lowest BCUT2D eigenvalue weighted by Gasteiger charge is -2.07. The third-order valence-corrected chi connectivity index (χ3v) is 4.09. The Balaban J connectivity index is 1.57. The molecule has 1 saturated carbocycles. The Morgan fingerprint density at radius 3 is 3.12 bits per heavy atom. The standard InChI is InChI=1S/C16H18N6O2/c23-15(24)5-1-4-13-17-16(12-3-2-8-22(12)21-13)18-14-9-11(19-20-14)10-6-7-10/h2-3,8-10H,1,4-7H2,(H,23,24)(H2,17,18,19,20,21). The van der Waals surface area contributed by atoms with Crippen LogP contribution in [0.2, 0.25) is 0 Å². The first-order valence-electron chi connectivity index (χ1n) is 8.07. The zero-order valence-electron chi connectivity index (χ0n) is 13.1. The van der Waals surface area contributed by atoms with Crippen molar-refractivity contribution in [3.8, 4) is 0 Å². The first-order chi connectivity index (χ1) is 11.7. The fourth-order valence-corrected chi connectivity index (χ4v) is 2.70. The molecule has 3 aromatic heterocycles. The second-order valence-electron chi connectivity index (χ2n) is 6.07. The normalized spacial score (nSPS) is 14.2. The molecule has 0 bridgehead atoms. The number of anilines is 2. The van der Waals surface area contributed by atoms with Crippen molar-refractivity contribution in [2.75, 3.05) is 5.32 Å². The highest BCUT2D eigenvalue weighted by Gasteiger charge is 2.25. The summed E-state index contributed by atoms with van der Waals surface area (Å²) in [6.45, 7) is 0. The molecule has 1 fully saturated rings. The van der Waals surface area contributed by atoms with Gasteiger partial charge in [0.1, 0.15) is 5.52 Å². The highest BCUT2D eigenvalue weighted by Crippen LogP contribution is 2.39. The number of aryl methyl sites for hydroxylation is 1. The highest BCUT2D eigenvalue weighted by molar-refractivity contribution is 5.72. The third kappa shape index (κ3) is 3.08. The lowest BCUT2D eigenvalue weighted by molar-refractivity contribution is -0.137. The van der Waals surface area contributed by atoms with Gasteiger partial charge in [0.2, 0.25) is 0 Å². The topological polar surface area (TPSA) is 108 Å². The summed E-state index contributed by atoms with van der Waals surface area (Å²) in [6, 6.07) is 5.84. The molecule has 24 heavy (non-hydrogen) atoms. The predicted octanol–water partition coefficient (Wildman–Crippen LogP) is 2.48. The van der Waals surface area contributed by atoms with E-state index in [0.717, 1.165) is 17.0 Å². The van der Waals surface area contributed by atoms with Gasteiger partial charge in [-0.2, -0.15) is 10.2 Å². The first kappa shape index (κ1) is 14.7. The van der Waals surface area contributed by atoms with Crippen LogP contribution in [-0.2, 0) is 11.2 Å². The van der Waals surface area contributed by atoms with Crippen LogP contribution in [0.3, 0.4) is 0 Å². The van der Waals surface area contributed by atoms with Crippen molar-refractivity contribution in [2.45, 2.75) is 38.0 Å². The maximum atomic E-state index is 10.7. The molecule has 0 unspecified atom stereocenters. The largest absolute Gasteiger partial charge is 0.481 e. The van der Waals surface area contributed by atoms with Gasteiger partial charge in [-0.05, 0) is 31.4 Å². The van der Waals surface area contributed by atoms with Crippen molar-refractivity contribution in [1.29, 1.82) is 0 Å². The monoisotopic (exact) mass is 326 g/mol. The van der Waals surface area contributed by atoms with Crippen LogP contribution >= 0.6 is 0 Å². The summed E-state index contributed by atoms with van der Waals surface area (Å²) in [5, 5.41) is 23.8. The molecule has 124 valence electrons. The molecule has 0 radical (unpaired) electrons. The number of fused-ring (bicyclic) bond motifs is 1. The highest BCUT2D eigenvalue weighted by atomic mass is 16.4. The minimum atomic E-state index is -0.806. The van der Waals surface area contributed by atoms with Gasteiger partial charge in [-0.1, -0.05) is 0 Å². The Kier molecular flexibility index (Phi) is 3.64. The summed E-state index contributed by atoms with van der Waals surface area (Å²) in [5.74, 6) is 1.82. The Bertz CT molecular complexity index is 880. The van der Waals surface area contributed by atoms with Crippen LogP contribution in [0.15, 0.2) is 24.4 Å². The summed E-state index contributed by atoms with van der Waals surface area (Å²) in [4.78, 5) is 15.2. The van der Waals surface area contributed by atoms with Crippen molar-refractivity contribution in [2.24, 2.45) is 0 Å². The molecule has 8 nitrogen and oxygen atoms in total. The van der Waals surface area contributed by atoms with Crippen molar-refractivity contribution < 1.29 is 9.90 Å². The molecule has 0 amide bonds. The maximum Gasteiger partial charge on any atom is 0.303 e. The van der Waals surface area contributed by atoms with Crippen molar-refractivity contribution in [3.05, 3.63) is 35.9 Å². The van der Waals surface area contributed by atoms with E-state index in [0.29, 0.717) is 30.4 Å². The van der Waals surface area contributed by atoms with Crippen LogP contribution in [-0.4, -0.2) is 35.9 Å². The van der Waals surface area contributed by atoms with Gasteiger partial charge in [0.25, 0.3) is 0 Å². The quantitative estimate of drug-likeness (QED) is 0.615. The molecule has 3 N–H and O–H groups in total. The van der Waals surface area contributed by atoms with E-state index in [1.54, 1.807) is 4.52 Å². The number of nitrogens with one attached hydrogen (secondary N) is 2. The Morgan fingerprint density at radius 2 is 2.33 bits per heavy atom. The maximum absolute atomic E-state index is 10.7. The van der Waals surface area contributed by atoms with Gasteiger partial charge in [0.05, 0.1) is 0 Å². The molecule has 1 aliphatic carbocycles. The van der Waals surface area contributed by atoms with E-state index in [-0.39, 0.29) is 6.42 Å². The van der Waals surface area contributed by atoms with Gasteiger partial charge >= 0.3 is 5.97 Å². The van der Waals surface area contributed by atoms with Crippen LogP contribution in [0.1, 0.15) is 43.1 Å². The van der Waals surface area contributed by atoms with E-state index in [4.69, 9.17) is 5.11 Å². The number of aromatic amines is 1. The van der Waals surface area contributed by atoms with Gasteiger partial charge in [0.15, 0.2) is 17.5 Å². The molecule has 3 heterocycles. The summed E-state index contributed by atoms with van der Waals surface area (Å²) in [6.07, 6.45) is 5.42. The first-order valence-corrected chi connectivity index (χ1v) is 8.07. The van der Waals surface area contributed by atoms with Crippen LogP contribution in [0.4, 0.5) is 11.6 Å². The summed E-state index contributed by atoms with van der Waals surface area (Å²) >= 11 is 0. The lowest BCUT2D eigenvalue weighted by Crippen LogP contribution is -2.07. The molecule has 0 aromatic carbocycles. The van der Waals surface area contributed by atoms with Crippen molar-refractivity contribution in [1.82, 2.24) is 24.8 Å². The second kappa shape index (κ2) is 5.95. The predicted molar refractivity (Wildman–Crippen MR) is 87.4 cm³/mol. The van der Waals surface area contributed by atoms with Gasteiger partial charge in [-0.15, -0.1) is 0 Å². The number of aliphatic carboxylic acids is 1. The van der Waals surface area contributed by atoms with Gasteiger partial charge in [0, 0.05) is 36.7 Å². The zero-order valence-corrected chi connectivity index (χ0v) is 13.1. The van der Waals surface area contributed by atoms with Gasteiger partial charge in [-0.25, -0.2) is 9.50 Å².